The summed E-state index contributed by atoms with van der Waals surface area (Å²) >= 11 is 0. The summed E-state index contributed by atoms with van der Waals surface area (Å²) in [4.78, 5) is 28.1. The summed E-state index contributed by atoms with van der Waals surface area (Å²) in [5.41, 5.74) is 9.65. The van der Waals surface area contributed by atoms with Gasteiger partial charge in [-0.25, -0.2) is 29.0 Å². The maximum Gasteiger partial charge on any atom is 0.212 e. The average Bonchev–Trinajstić information content (AvgIpc) is 1.17. The van der Waals surface area contributed by atoms with Gasteiger partial charge in [0.05, 0.1) is 67.8 Å². The second-order valence-electron chi connectivity index (χ2n) is 25.6. The highest BCUT2D eigenvalue weighted by atomic mass is 16.5. The van der Waals surface area contributed by atoms with Crippen LogP contribution in [0.5, 0.6) is 23.3 Å². The number of nitriles is 2. The summed E-state index contributed by atoms with van der Waals surface area (Å²) in [6.45, 7) is 9.16. The van der Waals surface area contributed by atoms with Crippen LogP contribution in [0.4, 0.5) is 11.6 Å². The molecule has 436 valence electrons. The van der Waals surface area contributed by atoms with Crippen LogP contribution in [0.15, 0.2) is 110 Å². The van der Waals surface area contributed by atoms with Crippen LogP contribution in [0, 0.1) is 44.3 Å². The second kappa shape index (κ2) is 21.3. The number of hydrogen-bond donors (Lipinski definition) is 3. The van der Waals surface area contributed by atoms with Crippen molar-refractivity contribution in [2.24, 2.45) is 21.7 Å². The third-order valence-corrected chi connectivity index (χ3v) is 20.1. The number of nitrogens with zero attached hydrogens (tertiary/aromatic N) is 14. The minimum atomic E-state index is 0.0856. The Bertz CT molecular complexity index is 3800. The summed E-state index contributed by atoms with van der Waals surface area (Å²) in [6.07, 6.45) is 24.7. The lowest BCUT2D eigenvalue weighted by Gasteiger charge is -2.70. The number of pyridine rings is 6. The lowest BCUT2D eigenvalue weighted by molar-refractivity contribution is -0.235. The van der Waals surface area contributed by atoms with Gasteiger partial charge < -0.3 is 39.3 Å². The average molecular weight is 1140 g/mol. The molecule has 20 nitrogen and oxygen atoms in total. The van der Waals surface area contributed by atoms with Crippen molar-refractivity contribution in [3.05, 3.63) is 132 Å². The fraction of sp³-hybridized carbons (Fsp3) is 0.446. The molecule has 6 saturated carbocycles. The van der Waals surface area contributed by atoms with E-state index in [0.29, 0.717) is 76.6 Å². The normalized spacial score (nSPS) is 27.1. The molecule has 4 atom stereocenters. The van der Waals surface area contributed by atoms with Crippen molar-refractivity contribution < 1.29 is 29.5 Å². The molecular formula is C65H70N14O6. The molecular weight excluding hydrogens is 1070 g/mol. The molecule has 0 aromatic carbocycles. The van der Waals surface area contributed by atoms with Crippen LogP contribution in [0.1, 0.15) is 87.0 Å². The number of rotatable bonds is 16. The first-order chi connectivity index (χ1) is 41.4. The summed E-state index contributed by atoms with van der Waals surface area (Å²) < 4.78 is 19.9. The SMILES string of the molecule is CCC12CC(CO)(C1)C2.COc1ccc(CN2C3CC2CN(c2ccc(-c4cc(O)cn5ncc(C#N)c45)cn2)C3)cn1.COc1ccc(CN2C3CC2CN(c2ccc(-c4cc(OCC56CC(CO)(C5)C6)cn5ncc(C#N)c45)cn2)C3)cn1. The van der Waals surface area contributed by atoms with Gasteiger partial charge in [0.1, 0.15) is 35.3 Å². The topological polar surface area (TPSA) is 235 Å². The van der Waals surface area contributed by atoms with Crippen LogP contribution in [0.2, 0.25) is 0 Å². The fourth-order valence-electron chi connectivity index (χ4n) is 15.9. The molecule has 6 aliphatic heterocycles. The van der Waals surface area contributed by atoms with Gasteiger partial charge in [0.25, 0.3) is 0 Å². The maximum atomic E-state index is 10.1. The molecule has 8 bridgehead atoms. The van der Waals surface area contributed by atoms with Crippen molar-refractivity contribution in [2.45, 2.75) is 102 Å². The number of aliphatic hydroxyl groups is 2. The van der Waals surface area contributed by atoms with Gasteiger partial charge in [-0.2, -0.15) is 20.7 Å². The molecule has 0 spiro atoms. The maximum absolute atomic E-state index is 10.1. The molecule has 20 rings (SSSR count). The van der Waals surface area contributed by atoms with E-state index in [4.69, 9.17) is 29.3 Å². The van der Waals surface area contributed by atoms with Crippen LogP contribution in [0.3, 0.4) is 0 Å². The summed E-state index contributed by atoms with van der Waals surface area (Å²) in [5.74, 6) is 3.99. The van der Waals surface area contributed by atoms with Gasteiger partial charge in [-0.3, -0.25) is 9.80 Å². The van der Waals surface area contributed by atoms with E-state index in [1.54, 1.807) is 37.2 Å². The first-order valence-electron chi connectivity index (χ1n) is 29.6. The third kappa shape index (κ3) is 9.78. The Morgan fingerprint density at radius 1 is 0.565 bits per heavy atom. The standard InChI is InChI=1S/C32H33N7O3.C25H23N7O2.C8H14O/c1-41-29-5-2-21(9-35-29)12-38-24-6-25(38)14-37(13-24)28-4-3-22(10-34-28)27-7-26(15-39-30(27)23(8-33)11-36-39)42-20-32-16-31(17-32,18-32)19-40;1-34-24-5-2-16(9-28-24)12-31-19-6-20(31)14-30(13-19)23-4-3-17(10-27-23)22-7-21(33)15-32-25(22)18(8-26)11-29-32;1-2-7-3-8(4-7,5-7)6-9/h2-5,7,9-11,15,24-25,40H,6,12-14,16-20H2,1H3;2-5,7,9-11,15,19-20,33H,6,12-14H2,1H3;9H,2-6H2,1H3. The highest BCUT2D eigenvalue weighted by molar-refractivity contribution is 5.86. The number of fused-ring (bicyclic) bond motifs is 6. The number of methoxy groups -OCH3 is 2. The van der Waals surface area contributed by atoms with Crippen molar-refractivity contribution in [1.82, 2.24) is 49.0 Å². The van der Waals surface area contributed by atoms with Gasteiger partial charge in [-0.05, 0) is 115 Å². The van der Waals surface area contributed by atoms with Gasteiger partial charge in [-0.1, -0.05) is 25.5 Å². The molecule has 6 saturated heterocycles. The molecule has 14 heterocycles. The molecule has 4 unspecified atom stereocenters. The minimum absolute atomic E-state index is 0.0856. The molecule has 3 N–H and O–H groups in total. The quantitative estimate of drug-likeness (QED) is 0.0829. The number of aliphatic hydroxyl groups excluding tert-OH is 2. The monoisotopic (exact) mass is 1140 g/mol. The zero-order chi connectivity index (χ0) is 58.2. The van der Waals surface area contributed by atoms with Crippen LogP contribution in [-0.4, -0.2) is 149 Å². The second-order valence-corrected chi connectivity index (χ2v) is 25.6. The molecule has 12 fully saturated rings. The Labute approximate surface area is 493 Å². The Morgan fingerprint density at radius 3 is 1.45 bits per heavy atom. The number of aromatic hydroxyl groups is 1. The minimum Gasteiger partial charge on any atom is -0.506 e. The highest BCUT2D eigenvalue weighted by Crippen LogP contribution is 2.74. The molecule has 85 heavy (non-hydrogen) atoms. The molecule has 20 heteroatoms. The smallest absolute Gasteiger partial charge is 0.212 e. The van der Waals surface area contributed by atoms with Crippen molar-refractivity contribution in [3.63, 3.8) is 0 Å². The molecule has 8 aromatic heterocycles. The van der Waals surface area contributed by atoms with Crippen molar-refractivity contribution in [3.8, 4) is 57.7 Å². The number of anilines is 2. The number of piperazine rings is 2. The van der Waals surface area contributed by atoms with E-state index in [2.05, 4.69) is 83.1 Å². The van der Waals surface area contributed by atoms with Gasteiger partial charge in [0.15, 0.2) is 0 Å². The molecule has 0 amide bonds. The van der Waals surface area contributed by atoms with E-state index < -0.39 is 0 Å². The largest absolute Gasteiger partial charge is 0.506 e. The van der Waals surface area contributed by atoms with Gasteiger partial charge >= 0.3 is 0 Å². The lowest BCUT2D eigenvalue weighted by atomic mass is 9.35. The van der Waals surface area contributed by atoms with Crippen molar-refractivity contribution in [1.29, 1.82) is 10.5 Å². The number of ether oxygens (including phenoxy) is 3. The summed E-state index contributed by atoms with van der Waals surface area (Å²) in [7, 11) is 3.26. The Morgan fingerprint density at radius 2 is 1.04 bits per heavy atom. The van der Waals surface area contributed by atoms with Crippen LogP contribution in [0.25, 0.3) is 33.3 Å². The van der Waals surface area contributed by atoms with E-state index in [0.717, 1.165) is 104 Å². The molecule has 12 aliphatic rings. The summed E-state index contributed by atoms with van der Waals surface area (Å²) in [5, 5.41) is 56.4. The first kappa shape index (κ1) is 54.5. The lowest BCUT2D eigenvalue weighted by Crippen LogP contribution is -2.68. The van der Waals surface area contributed by atoms with Crippen LogP contribution >= 0.6 is 0 Å². The zero-order valence-corrected chi connectivity index (χ0v) is 48.3. The molecule has 0 radical (unpaired) electrons. The first-order valence-corrected chi connectivity index (χ1v) is 29.6. The van der Waals surface area contributed by atoms with Gasteiger partial charge in [0.2, 0.25) is 11.8 Å². The fourth-order valence-corrected chi connectivity index (χ4v) is 15.9. The van der Waals surface area contributed by atoms with E-state index in [1.165, 1.54) is 66.6 Å². The molecule has 6 aliphatic carbocycles. The zero-order valence-electron chi connectivity index (χ0n) is 48.3. The van der Waals surface area contributed by atoms with E-state index >= 15 is 0 Å². The Balaban J connectivity index is 0.000000133. The summed E-state index contributed by atoms with van der Waals surface area (Å²) in [6, 6.07) is 26.3. The predicted octanol–water partition coefficient (Wildman–Crippen LogP) is 8.08. The van der Waals surface area contributed by atoms with E-state index in [-0.39, 0.29) is 23.2 Å². The number of piperidine rings is 2. The van der Waals surface area contributed by atoms with Crippen molar-refractivity contribution in [2.75, 3.05) is 70.0 Å². The molecule has 8 aromatic rings. The Kier molecular flexibility index (Phi) is 13.7. The third-order valence-electron chi connectivity index (χ3n) is 20.1. The Hall–Kier alpha value is -8.40. The van der Waals surface area contributed by atoms with Crippen LogP contribution < -0.4 is 24.0 Å². The van der Waals surface area contributed by atoms with E-state index in [1.807, 2.05) is 55.1 Å². The van der Waals surface area contributed by atoms with E-state index in [9.17, 15) is 20.7 Å². The van der Waals surface area contributed by atoms with Crippen LogP contribution in [-0.2, 0) is 13.1 Å². The van der Waals surface area contributed by atoms with Gasteiger partial charge in [0, 0.05) is 141 Å². The predicted molar refractivity (Wildman–Crippen MR) is 317 cm³/mol. The number of hydrogen-bond acceptors (Lipinski definition) is 18. The van der Waals surface area contributed by atoms with Gasteiger partial charge in [-0.15, -0.1) is 0 Å². The van der Waals surface area contributed by atoms with Crippen molar-refractivity contribution >= 4 is 22.7 Å². The number of aromatic nitrogens is 8. The highest BCUT2D eigenvalue weighted by Gasteiger charge is 2.68.